The van der Waals surface area contributed by atoms with Gasteiger partial charge in [-0.2, -0.15) is 10.1 Å². The first kappa shape index (κ1) is 12.4. The molecule has 1 aliphatic heterocycles. The highest BCUT2D eigenvalue weighted by atomic mass is 16.4. The van der Waals surface area contributed by atoms with Gasteiger partial charge in [-0.25, -0.2) is 9.67 Å². The van der Waals surface area contributed by atoms with Crippen molar-refractivity contribution in [3.05, 3.63) is 36.4 Å². The average Bonchev–Trinajstić information content (AvgIpc) is 3.18. The number of hydrogen-bond acceptors (Lipinski definition) is 5. The Morgan fingerprint density at radius 2 is 2.29 bits per heavy atom. The summed E-state index contributed by atoms with van der Waals surface area (Å²) in [6, 6.07) is 7.10. The number of oxazole rings is 1. The van der Waals surface area contributed by atoms with E-state index in [9.17, 15) is 0 Å². The lowest BCUT2D eigenvalue weighted by molar-refractivity contribution is 0.363. The minimum absolute atomic E-state index is 0.331. The summed E-state index contributed by atoms with van der Waals surface area (Å²) < 4.78 is 7.90. The molecule has 0 N–H and O–H groups in total. The Kier molecular flexibility index (Phi) is 2.87. The maximum Gasteiger partial charge on any atom is 0.298 e. The number of fused-ring (bicyclic) bond motifs is 1. The molecule has 1 atom stereocenters. The molecule has 3 heterocycles. The number of rotatable bonds is 2. The Hall–Kier alpha value is -2.37. The van der Waals surface area contributed by atoms with E-state index in [0.29, 0.717) is 12.1 Å². The predicted octanol–water partition coefficient (Wildman–Crippen LogP) is 2.57. The van der Waals surface area contributed by atoms with Crippen molar-refractivity contribution in [2.45, 2.75) is 25.8 Å². The van der Waals surface area contributed by atoms with Gasteiger partial charge in [0.25, 0.3) is 6.01 Å². The van der Waals surface area contributed by atoms with Gasteiger partial charge in [-0.15, -0.1) is 0 Å². The van der Waals surface area contributed by atoms with Crippen molar-refractivity contribution in [3.8, 4) is 0 Å². The molecule has 108 valence electrons. The molecule has 2 aromatic heterocycles. The fraction of sp³-hybridized carbons (Fsp3) is 0.400. The number of aryl methyl sites for hydroxylation is 1. The fourth-order valence-corrected chi connectivity index (χ4v) is 2.96. The summed E-state index contributed by atoms with van der Waals surface area (Å²) in [5.41, 5.74) is 2.93. The molecule has 6 heteroatoms. The van der Waals surface area contributed by atoms with E-state index in [0.717, 1.165) is 42.6 Å². The van der Waals surface area contributed by atoms with Crippen LogP contribution in [0.5, 0.6) is 0 Å². The van der Waals surface area contributed by atoms with Crippen LogP contribution in [0.2, 0.25) is 0 Å². The van der Waals surface area contributed by atoms with Crippen molar-refractivity contribution in [3.63, 3.8) is 0 Å². The summed E-state index contributed by atoms with van der Waals surface area (Å²) in [4.78, 5) is 10.9. The molecule has 4 rings (SSSR count). The van der Waals surface area contributed by atoms with Gasteiger partial charge in [-0.3, -0.25) is 0 Å². The van der Waals surface area contributed by atoms with Gasteiger partial charge in [0.2, 0.25) is 0 Å². The zero-order valence-corrected chi connectivity index (χ0v) is 11.9. The molecule has 0 saturated carbocycles. The summed E-state index contributed by atoms with van der Waals surface area (Å²) in [5.74, 6) is 0. The van der Waals surface area contributed by atoms with Crippen LogP contribution in [0.3, 0.4) is 0 Å². The van der Waals surface area contributed by atoms with Gasteiger partial charge in [-0.05, 0) is 31.4 Å². The van der Waals surface area contributed by atoms with Crippen LogP contribution in [0, 0.1) is 6.92 Å². The van der Waals surface area contributed by atoms with Crippen molar-refractivity contribution in [2.24, 2.45) is 0 Å². The minimum atomic E-state index is 0.331. The molecule has 1 aromatic carbocycles. The molecular weight excluding hydrogens is 266 g/mol. The van der Waals surface area contributed by atoms with Crippen molar-refractivity contribution < 1.29 is 4.42 Å². The predicted molar refractivity (Wildman–Crippen MR) is 79.3 cm³/mol. The van der Waals surface area contributed by atoms with Crippen LogP contribution in [0.15, 0.2) is 35.3 Å². The standard InChI is InChI=1S/C15H17N5O/c1-11-4-2-6-13-14(11)21-15(18-13)19-7-3-5-12(8-19)20-10-16-9-17-20/h2,4,6,9-10,12H,3,5,7-8H2,1H3. The highest BCUT2D eigenvalue weighted by Gasteiger charge is 2.25. The van der Waals surface area contributed by atoms with E-state index < -0.39 is 0 Å². The van der Waals surface area contributed by atoms with Crippen LogP contribution in [0.1, 0.15) is 24.4 Å². The van der Waals surface area contributed by atoms with E-state index in [-0.39, 0.29) is 0 Å². The van der Waals surface area contributed by atoms with E-state index in [1.54, 1.807) is 12.7 Å². The molecule has 0 amide bonds. The molecular formula is C15H17N5O. The normalized spacial score (nSPS) is 19.3. The molecule has 0 spiro atoms. The van der Waals surface area contributed by atoms with Crippen LogP contribution in [0.25, 0.3) is 11.1 Å². The zero-order chi connectivity index (χ0) is 14.2. The van der Waals surface area contributed by atoms with E-state index in [4.69, 9.17) is 4.42 Å². The van der Waals surface area contributed by atoms with Crippen LogP contribution in [-0.2, 0) is 0 Å². The molecule has 1 saturated heterocycles. The summed E-state index contributed by atoms with van der Waals surface area (Å²) in [5, 5.41) is 4.25. The third-order valence-corrected chi connectivity index (χ3v) is 4.08. The lowest BCUT2D eigenvalue weighted by Crippen LogP contribution is -2.37. The summed E-state index contributed by atoms with van der Waals surface area (Å²) in [6.45, 7) is 3.87. The lowest BCUT2D eigenvalue weighted by Gasteiger charge is -2.31. The Morgan fingerprint density at radius 3 is 3.10 bits per heavy atom. The van der Waals surface area contributed by atoms with Crippen LogP contribution >= 0.6 is 0 Å². The third kappa shape index (κ3) is 2.16. The molecule has 0 bridgehead atoms. The Bertz CT molecular complexity index is 749. The molecule has 1 fully saturated rings. The van der Waals surface area contributed by atoms with Gasteiger partial charge in [-0.1, -0.05) is 12.1 Å². The number of anilines is 1. The molecule has 0 radical (unpaired) electrons. The van der Waals surface area contributed by atoms with Gasteiger partial charge in [0.1, 0.15) is 18.2 Å². The lowest BCUT2D eigenvalue weighted by atomic mass is 10.1. The summed E-state index contributed by atoms with van der Waals surface area (Å²) in [7, 11) is 0. The smallest absolute Gasteiger partial charge is 0.298 e. The number of nitrogens with zero attached hydrogens (tertiary/aromatic N) is 5. The van der Waals surface area contributed by atoms with Gasteiger partial charge >= 0.3 is 0 Å². The van der Waals surface area contributed by atoms with Crippen LogP contribution < -0.4 is 4.90 Å². The Morgan fingerprint density at radius 1 is 1.33 bits per heavy atom. The maximum absolute atomic E-state index is 5.97. The van der Waals surface area contributed by atoms with Crippen molar-refractivity contribution in [1.82, 2.24) is 19.7 Å². The average molecular weight is 283 g/mol. The molecule has 0 aliphatic carbocycles. The van der Waals surface area contributed by atoms with Crippen molar-refractivity contribution >= 4 is 17.1 Å². The third-order valence-electron chi connectivity index (χ3n) is 4.08. The number of piperidine rings is 1. The molecule has 3 aromatic rings. The first-order valence-corrected chi connectivity index (χ1v) is 7.26. The number of benzene rings is 1. The largest absolute Gasteiger partial charge is 0.423 e. The molecule has 1 unspecified atom stereocenters. The molecule has 1 aliphatic rings. The van der Waals surface area contributed by atoms with Crippen LogP contribution in [0.4, 0.5) is 6.01 Å². The van der Waals surface area contributed by atoms with Gasteiger partial charge in [0.05, 0.1) is 6.04 Å². The van der Waals surface area contributed by atoms with Gasteiger partial charge in [0.15, 0.2) is 5.58 Å². The van der Waals surface area contributed by atoms with Crippen molar-refractivity contribution in [2.75, 3.05) is 18.0 Å². The quantitative estimate of drug-likeness (QED) is 0.723. The first-order valence-electron chi connectivity index (χ1n) is 7.26. The van der Waals surface area contributed by atoms with Crippen molar-refractivity contribution in [1.29, 1.82) is 0 Å². The highest BCUT2D eigenvalue weighted by molar-refractivity contribution is 5.77. The zero-order valence-electron chi connectivity index (χ0n) is 11.9. The fourth-order valence-electron chi connectivity index (χ4n) is 2.96. The molecule has 6 nitrogen and oxygen atoms in total. The van der Waals surface area contributed by atoms with E-state index in [1.165, 1.54) is 0 Å². The molecule has 21 heavy (non-hydrogen) atoms. The Balaban J connectivity index is 1.63. The second-order valence-corrected chi connectivity index (χ2v) is 5.54. The SMILES string of the molecule is Cc1cccc2nc(N3CCCC(n4cncn4)C3)oc12. The number of hydrogen-bond donors (Lipinski definition) is 0. The first-order chi connectivity index (χ1) is 10.3. The topological polar surface area (TPSA) is 60.0 Å². The maximum atomic E-state index is 5.97. The van der Waals surface area contributed by atoms with E-state index in [2.05, 4.69) is 20.0 Å². The number of aromatic nitrogens is 4. The monoisotopic (exact) mass is 283 g/mol. The van der Waals surface area contributed by atoms with Gasteiger partial charge in [0, 0.05) is 13.1 Å². The summed E-state index contributed by atoms with van der Waals surface area (Å²) >= 11 is 0. The summed E-state index contributed by atoms with van der Waals surface area (Å²) in [6.07, 6.45) is 5.58. The van der Waals surface area contributed by atoms with E-state index >= 15 is 0 Å². The number of para-hydroxylation sites is 1. The van der Waals surface area contributed by atoms with Gasteiger partial charge < -0.3 is 9.32 Å². The second kappa shape index (κ2) is 4.87. The minimum Gasteiger partial charge on any atom is -0.423 e. The highest BCUT2D eigenvalue weighted by Crippen LogP contribution is 2.29. The Labute approximate surface area is 122 Å². The second-order valence-electron chi connectivity index (χ2n) is 5.54. The van der Waals surface area contributed by atoms with E-state index in [1.807, 2.05) is 29.8 Å². The van der Waals surface area contributed by atoms with Crippen LogP contribution in [-0.4, -0.2) is 32.8 Å².